The number of anilines is 2. The van der Waals surface area contributed by atoms with Gasteiger partial charge in [0.05, 0.1) is 13.2 Å². The molecule has 2 amide bonds. The van der Waals surface area contributed by atoms with Crippen molar-refractivity contribution in [1.82, 2.24) is 4.90 Å². The van der Waals surface area contributed by atoms with Gasteiger partial charge in [0.2, 0.25) is 11.8 Å². The molecule has 0 radical (unpaired) electrons. The maximum atomic E-state index is 12.3. The standard InChI is InChI=1S/C21H26ClN3O3/c1-3-25(13-4-14-28-20-11-5-17(22)6-12-20)15-21(27)24-19-9-7-18(8-10-19)23-16(2)26/h5-12H,3-4,13-15H2,1-2H3,(H,23,26)(H,24,27). The number of rotatable bonds is 10. The van der Waals surface area contributed by atoms with Gasteiger partial charge in [-0.25, -0.2) is 0 Å². The molecule has 0 fully saturated rings. The van der Waals surface area contributed by atoms with Gasteiger partial charge in [-0.05, 0) is 61.5 Å². The molecule has 0 aromatic heterocycles. The second kappa shape index (κ2) is 11.3. The van der Waals surface area contributed by atoms with Gasteiger partial charge in [-0.3, -0.25) is 14.5 Å². The summed E-state index contributed by atoms with van der Waals surface area (Å²) in [4.78, 5) is 25.4. The minimum Gasteiger partial charge on any atom is -0.494 e. The molecular weight excluding hydrogens is 378 g/mol. The zero-order chi connectivity index (χ0) is 20.4. The van der Waals surface area contributed by atoms with Crippen molar-refractivity contribution in [1.29, 1.82) is 0 Å². The third kappa shape index (κ3) is 7.98. The van der Waals surface area contributed by atoms with Crippen LogP contribution >= 0.6 is 11.6 Å². The Hall–Kier alpha value is -2.57. The van der Waals surface area contributed by atoms with Crippen LogP contribution in [0.5, 0.6) is 5.75 Å². The summed E-state index contributed by atoms with van der Waals surface area (Å²) in [6.45, 7) is 5.90. The van der Waals surface area contributed by atoms with Gasteiger partial charge in [0.1, 0.15) is 5.75 Å². The van der Waals surface area contributed by atoms with E-state index in [9.17, 15) is 9.59 Å². The Labute approximate surface area is 170 Å². The highest BCUT2D eigenvalue weighted by atomic mass is 35.5. The van der Waals surface area contributed by atoms with Gasteiger partial charge >= 0.3 is 0 Å². The quantitative estimate of drug-likeness (QED) is 0.587. The van der Waals surface area contributed by atoms with Crippen LogP contribution in [-0.4, -0.2) is 43.0 Å². The Bertz CT molecular complexity index is 763. The van der Waals surface area contributed by atoms with Crippen molar-refractivity contribution in [2.45, 2.75) is 20.3 Å². The largest absolute Gasteiger partial charge is 0.494 e. The first kappa shape index (κ1) is 21.7. The molecule has 0 aliphatic rings. The van der Waals surface area contributed by atoms with E-state index in [4.69, 9.17) is 16.3 Å². The molecule has 0 saturated carbocycles. The average Bonchev–Trinajstić information content (AvgIpc) is 2.66. The monoisotopic (exact) mass is 403 g/mol. The molecule has 0 unspecified atom stereocenters. The molecule has 0 spiro atoms. The molecule has 2 aromatic rings. The molecule has 2 aromatic carbocycles. The number of nitrogens with one attached hydrogen (secondary N) is 2. The molecule has 0 aliphatic carbocycles. The first-order valence-electron chi connectivity index (χ1n) is 9.24. The number of amides is 2. The summed E-state index contributed by atoms with van der Waals surface area (Å²) < 4.78 is 5.68. The van der Waals surface area contributed by atoms with Gasteiger partial charge in [0.15, 0.2) is 0 Å². The lowest BCUT2D eigenvalue weighted by molar-refractivity contribution is -0.117. The Morgan fingerprint density at radius 1 is 1.00 bits per heavy atom. The van der Waals surface area contributed by atoms with Crippen LogP contribution in [0, 0.1) is 0 Å². The Balaban J connectivity index is 1.71. The normalized spacial score (nSPS) is 10.6. The van der Waals surface area contributed by atoms with E-state index in [1.165, 1.54) is 6.92 Å². The van der Waals surface area contributed by atoms with Crippen molar-refractivity contribution < 1.29 is 14.3 Å². The summed E-state index contributed by atoms with van der Waals surface area (Å²) in [5, 5.41) is 6.24. The highest BCUT2D eigenvalue weighted by Gasteiger charge is 2.09. The second-order valence-corrected chi connectivity index (χ2v) is 6.77. The van der Waals surface area contributed by atoms with Gasteiger partial charge in [-0.2, -0.15) is 0 Å². The number of nitrogens with zero attached hydrogens (tertiary/aromatic N) is 1. The average molecular weight is 404 g/mol. The van der Waals surface area contributed by atoms with Crippen LogP contribution in [0.4, 0.5) is 11.4 Å². The van der Waals surface area contributed by atoms with E-state index in [1.54, 1.807) is 36.4 Å². The number of hydrogen-bond acceptors (Lipinski definition) is 4. The molecule has 7 heteroatoms. The molecule has 0 heterocycles. The van der Waals surface area contributed by atoms with E-state index in [2.05, 4.69) is 15.5 Å². The van der Waals surface area contributed by atoms with Gasteiger partial charge < -0.3 is 15.4 Å². The molecule has 0 aliphatic heterocycles. The summed E-state index contributed by atoms with van der Waals surface area (Å²) in [7, 11) is 0. The van der Waals surface area contributed by atoms with Crippen LogP contribution in [0.15, 0.2) is 48.5 Å². The maximum Gasteiger partial charge on any atom is 0.238 e. The molecule has 0 atom stereocenters. The molecule has 2 N–H and O–H groups in total. The zero-order valence-corrected chi connectivity index (χ0v) is 17.0. The smallest absolute Gasteiger partial charge is 0.238 e. The van der Waals surface area contributed by atoms with E-state index >= 15 is 0 Å². The van der Waals surface area contributed by atoms with Gasteiger partial charge in [0.25, 0.3) is 0 Å². The highest BCUT2D eigenvalue weighted by molar-refractivity contribution is 6.30. The van der Waals surface area contributed by atoms with Crippen molar-refractivity contribution in [2.24, 2.45) is 0 Å². The van der Waals surface area contributed by atoms with E-state index in [1.807, 2.05) is 19.1 Å². The number of carbonyl (C=O) groups excluding carboxylic acids is 2. The van der Waals surface area contributed by atoms with Gasteiger partial charge in [-0.1, -0.05) is 18.5 Å². The van der Waals surface area contributed by atoms with E-state index in [0.29, 0.717) is 29.5 Å². The highest BCUT2D eigenvalue weighted by Crippen LogP contribution is 2.16. The SMILES string of the molecule is CCN(CCCOc1ccc(Cl)cc1)CC(=O)Nc1ccc(NC(C)=O)cc1. The third-order valence-corrected chi connectivity index (χ3v) is 4.26. The Morgan fingerprint density at radius 3 is 2.18 bits per heavy atom. The Kier molecular flexibility index (Phi) is 8.78. The number of benzene rings is 2. The molecule has 150 valence electrons. The van der Waals surface area contributed by atoms with Crippen molar-refractivity contribution in [2.75, 3.05) is 36.9 Å². The van der Waals surface area contributed by atoms with E-state index in [-0.39, 0.29) is 11.8 Å². The predicted molar refractivity (Wildman–Crippen MR) is 113 cm³/mol. The summed E-state index contributed by atoms with van der Waals surface area (Å²) in [5.41, 5.74) is 1.39. The molecule has 6 nitrogen and oxygen atoms in total. The van der Waals surface area contributed by atoms with Crippen LogP contribution in [0.3, 0.4) is 0 Å². The van der Waals surface area contributed by atoms with Crippen molar-refractivity contribution in [3.05, 3.63) is 53.6 Å². The minimum absolute atomic E-state index is 0.0762. The number of ether oxygens (including phenoxy) is 1. The van der Waals surface area contributed by atoms with E-state index < -0.39 is 0 Å². The topological polar surface area (TPSA) is 70.7 Å². The number of halogens is 1. The van der Waals surface area contributed by atoms with Crippen molar-refractivity contribution >= 4 is 34.8 Å². The first-order chi connectivity index (χ1) is 13.5. The lowest BCUT2D eigenvalue weighted by atomic mass is 10.2. The summed E-state index contributed by atoms with van der Waals surface area (Å²) in [5.74, 6) is 0.580. The van der Waals surface area contributed by atoms with Gasteiger partial charge in [-0.15, -0.1) is 0 Å². The summed E-state index contributed by atoms with van der Waals surface area (Å²) in [6, 6.07) is 14.3. The van der Waals surface area contributed by atoms with Crippen LogP contribution < -0.4 is 15.4 Å². The minimum atomic E-state index is -0.129. The second-order valence-electron chi connectivity index (χ2n) is 6.33. The van der Waals surface area contributed by atoms with Crippen LogP contribution in [0.1, 0.15) is 20.3 Å². The number of likely N-dealkylation sites (N-methyl/N-ethyl adjacent to an activating group) is 1. The van der Waals surface area contributed by atoms with E-state index in [0.717, 1.165) is 25.3 Å². The predicted octanol–water partition coefficient (Wildman–Crippen LogP) is 4.03. The fourth-order valence-electron chi connectivity index (χ4n) is 2.60. The first-order valence-corrected chi connectivity index (χ1v) is 9.62. The van der Waals surface area contributed by atoms with Crippen LogP contribution in [-0.2, 0) is 9.59 Å². The van der Waals surface area contributed by atoms with Crippen LogP contribution in [0.25, 0.3) is 0 Å². The zero-order valence-electron chi connectivity index (χ0n) is 16.2. The Morgan fingerprint density at radius 2 is 1.61 bits per heavy atom. The molecule has 0 bridgehead atoms. The van der Waals surface area contributed by atoms with Crippen molar-refractivity contribution in [3.63, 3.8) is 0 Å². The fourth-order valence-corrected chi connectivity index (χ4v) is 2.73. The van der Waals surface area contributed by atoms with Crippen molar-refractivity contribution in [3.8, 4) is 5.75 Å². The number of hydrogen-bond donors (Lipinski definition) is 2. The molecule has 2 rings (SSSR count). The van der Waals surface area contributed by atoms with Crippen LogP contribution in [0.2, 0.25) is 5.02 Å². The lowest BCUT2D eigenvalue weighted by Crippen LogP contribution is -2.34. The molecule has 0 saturated heterocycles. The summed E-state index contributed by atoms with van der Waals surface area (Å²) >= 11 is 5.85. The van der Waals surface area contributed by atoms with Gasteiger partial charge in [0, 0.05) is 29.9 Å². The lowest BCUT2D eigenvalue weighted by Gasteiger charge is -2.20. The molecular formula is C21H26ClN3O3. The number of carbonyl (C=O) groups is 2. The molecule has 28 heavy (non-hydrogen) atoms. The third-order valence-electron chi connectivity index (χ3n) is 4.00. The summed E-state index contributed by atoms with van der Waals surface area (Å²) in [6.07, 6.45) is 0.815. The fraction of sp³-hybridized carbons (Fsp3) is 0.333. The maximum absolute atomic E-state index is 12.3.